The fourth-order valence-electron chi connectivity index (χ4n) is 2.49. The highest BCUT2D eigenvalue weighted by Gasteiger charge is 2.17. The van der Waals surface area contributed by atoms with Crippen molar-refractivity contribution in [3.8, 4) is 5.75 Å². The van der Waals surface area contributed by atoms with Crippen molar-refractivity contribution in [2.75, 3.05) is 19.5 Å². The van der Waals surface area contributed by atoms with Crippen molar-refractivity contribution in [3.05, 3.63) is 59.8 Å². The molecule has 1 aromatic heterocycles. The standard InChI is InChI=1S/C18H16N2O4/c1-23-11-7-8-12-14(10-19-16(12)9-11)17(21)20-15-6-4-3-5-13(15)18(22)24-2/h3-10,19H,1-2H3,(H,20,21). The highest BCUT2D eigenvalue weighted by Crippen LogP contribution is 2.24. The smallest absolute Gasteiger partial charge is 0.339 e. The number of esters is 1. The predicted molar refractivity (Wildman–Crippen MR) is 90.6 cm³/mol. The number of amides is 1. The molecular weight excluding hydrogens is 308 g/mol. The number of hydrogen-bond acceptors (Lipinski definition) is 4. The van der Waals surface area contributed by atoms with Gasteiger partial charge in [0.15, 0.2) is 0 Å². The first-order chi connectivity index (χ1) is 11.6. The molecule has 1 amide bonds. The fourth-order valence-corrected chi connectivity index (χ4v) is 2.49. The second kappa shape index (κ2) is 6.45. The van der Waals surface area contributed by atoms with E-state index in [9.17, 15) is 9.59 Å². The Kier molecular flexibility index (Phi) is 4.20. The molecule has 0 aliphatic rings. The molecule has 0 fully saturated rings. The van der Waals surface area contributed by atoms with E-state index < -0.39 is 5.97 Å². The van der Waals surface area contributed by atoms with Crippen LogP contribution in [-0.4, -0.2) is 31.1 Å². The van der Waals surface area contributed by atoms with Gasteiger partial charge in [0.05, 0.1) is 31.0 Å². The molecule has 2 aromatic carbocycles. The Labute approximate surface area is 138 Å². The summed E-state index contributed by atoms with van der Waals surface area (Å²) in [5.41, 5.74) is 1.97. The van der Waals surface area contributed by atoms with Gasteiger partial charge >= 0.3 is 5.97 Å². The molecular formula is C18H16N2O4. The minimum atomic E-state index is -0.505. The number of carbonyl (C=O) groups is 2. The molecule has 0 bridgehead atoms. The van der Waals surface area contributed by atoms with Crippen LogP contribution in [0.1, 0.15) is 20.7 Å². The van der Waals surface area contributed by atoms with Crippen LogP contribution in [0.25, 0.3) is 10.9 Å². The lowest BCUT2D eigenvalue weighted by Crippen LogP contribution is -2.15. The van der Waals surface area contributed by atoms with Gasteiger partial charge in [-0.05, 0) is 24.3 Å². The van der Waals surface area contributed by atoms with Crippen LogP contribution in [0.4, 0.5) is 5.69 Å². The second-order valence-corrected chi connectivity index (χ2v) is 5.11. The Balaban J connectivity index is 1.93. The van der Waals surface area contributed by atoms with Gasteiger partial charge in [0.2, 0.25) is 0 Å². The molecule has 0 radical (unpaired) electrons. The lowest BCUT2D eigenvalue weighted by Gasteiger charge is -2.09. The van der Waals surface area contributed by atoms with Crippen molar-refractivity contribution in [1.29, 1.82) is 0 Å². The average molecular weight is 324 g/mol. The lowest BCUT2D eigenvalue weighted by atomic mass is 10.1. The molecule has 3 aromatic rings. The van der Waals surface area contributed by atoms with Gasteiger partial charge in [0.1, 0.15) is 5.75 Å². The first-order valence-electron chi connectivity index (χ1n) is 7.28. The van der Waals surface area contributed by atoms with Gasteiger partial charge in [-0.1, -0.05) is 12.1 Å². The number of methoxy groups -OCH3 is 2. The van der Waals surface area contributed by atoms with E-state index in [1.807, 2.05) is 12.1 Å². The van der Waals surface area contributed by atoms with E-state index in [1.54, 1.807) is 43.6 Å². The third kappa shape index (κ3) is 2.81. The van der Waals surface area contributed by atoms with Gasteiger partial charge < -0.3 is 19.8 Å². The second-order valence-electron chi connectivity index (χ2n) is 5.11. The van der Waals surface area contributed by atoms with Gasteiger partial charge in [0.25, 0.3) is 5.91 Å². The molecule has 3 rings (SSSR count). The van der Waals surface area contributed by atoms with Gasteiger partial charge in [0, 0.05) is 23.2 Å². The quantitative estimate of drug-likeness (QED) is 0.722. The molecule has 0 atom stereocenters. The van der Waals surface area contributed by atoms with Crippen molar-refractivity contribution < 1.29 is 19.1 Å². The third-order valence-corrected chi connectivity index (χ3v) is 3.71. The van der Waals surface area contributed by atoms with Crippen LogP contribution in [0.2, 0.25) is 0 Å². The largest absolute Gasteiger partial charge is 0.497 e. The number of aromatic nitrogens is 1. The SMILES string of the molecule is COC(=O)c1ccccc1NC(=O)c1c[nH]c2cc(OC)ccc12. The van der Waals surface area contributed by atoms with E-state index in [-0.39, 0.29) is 5.91 Å². The van der Waals surface area contributed by atoms with Crippen LogP contribution < -0.4 is 10.1 Å². The zero-order valence-electron chi connectivity index (χ0n) is 13.3. The normalized spacial score (nSPS) is 10.4. The first-order valence-corrected chi connectivity index (χ1v) is 7.28. The average Bonchev–Trinajstić information content (AvgIpc) is 3.04. The first kappa shape index (κ1) is 15.6. The van der Waals surface area contributed by atoms with Crippen molar-refractivity contribution in [2.45, 2.75) is 0 Å². The maximum absolute atomic E-state index is 12.6. The summed E-state index contributed by atoms with van der Waals surface area (Å²) in [7, 11) is 2.88. The minimum Gasteiger partial charge on any atom is -0.497 e. The third-order valence-electron chi connectivity index (χ3n) is 3.71. The molecule has 6 nitrogen and oxygen atoms in total. The number of nitrogens with one attached hydrogen (secondary N) is 2. The van der Waals surface area contributed by atoms with Crippen molar-refractivity contribution in [2.24, 2.45) is 0 Å². The summed E-state index contributed by atoms with van der Waals surface area (Å²) in [5, 5.41) is 3.53. The van der Waals surface area contributed by atoms with Crippen molar-refractivity contribution in [3.63, 3.8) is 0 Å². The number of ether oxygens (including phenoxy) is 2. The maximum atomic E-state index is 12.6. The Morgan fingerprint density at radius 1 is 1.04 bits per heavy atom. The topological polar surface area (TPSA) is 80.4 Å². The Hall–Kier alpha value is -3.28. The molecule has 24 heavy (non-hydrogen) atoms. The Morgan fingerprint density at radius 3 is 2.58 bits per heavy atom. The summed E-state index contributed by atoms with van der Waals surface area (Å²) in [6.07, 6.45) is 1.63. The molecule has 0 saturated heterocycles. The van der Waals surface area contributed by atoms with Gasteiger partial charge in [-0.3, -0.25) is 4.79 Å². The van der Waals surface area contributed by atoms with Crippen LogP contribution in [0, 0.1) is 0 Å². The van der Waals surface area contributed by atoms with Crippen LogP contribution in [-0.2, 0) is 4.74 Å². The Morgan fingerprint density at radius 2 is 1.83 bits per heavy atom. The summed E-state index contributed by atoms with van der Waals surface area (Å²) < 4.78 is 9.90. The van der Waals surface area contributed by atoms with Crippen LogP contribution in [0.5, 0.6) is 5.75 Å². The minimum absolute atomic E-state index is 0.301. The van der Waals surface area contributed by atoms with E-state index in [2.05, 4.69) is 10.3 Å². The molecule has 2 N–H and O–H groups in total. The summed E-state index contributed by atoms with van der Waals surface area (Å²) in [5.74, 6) is -0.121. The summed E-state index contributed by atoms with van der Waals surface area (Å²) in [6.45, 7) is 0. The lowest BCUT2D eigenvalue weighted by molar-refractivity contribution is 0.0602. The van der Waals surface area contributed by atoms with E-state index in [0.717, 1.165) is 10.9 Å². The number of rotatable bonds is 4. The van der Waals surface area contributed by atoms with Crippen LogP contribution in [0.3, 0.4) is 0 Å². The number of benzene rings is 2. The van der Waals surface area contributed by atoms with E-state index >= 15 is 0 Å². The summed E-state index contributed by atoms with van der Waals surface area (Å²) >= 11 is 0. The van der Waals surface area contributed by atoms with Crippen LogP contribution >= 0.6 is 0 Å². The van der Waals surface area contributed by atoms with Crippen molar-refractivity contribution in [1.82, 2.24) is 4.98 Å². The molecule has 0 aliphatic carbocycles. The van der Waals surface area contributed by atoms with E-state index in [1.165, 1.54) is 7.11 Å². The molecule has 0 aliphatic heterocycles. The molecule has 0 saturated carbocycles. The number of para-hydroxylation sites is 1. The maximum Gasteiger partial charge on any atom is 0.339 e. The summed E-state index contributed by atoms with van der Waals surface area (Å²) in [4.78, 5) is 27.4. The molecule has 6 heteroatoms. The number of anilines is 1. The molecule has 0 unspecified atom stereocenters. The number of aromatic amines is 1. The Bertz CT molecular complexity index is 914. The zero-order chi connectivity index (χ0) is 17.1. The highest BCUT2D eigenvalue weighted by atomic mass is 16.5. The fraction of sp³-hybridized carbons (Fsp3) is 0.111. The monoisotopic (exact) mass is 324 g/mol. The summed E-state index contributed by atoms with van der Waals surface area (Å²) in [6, 6.07) is 12.1. The zero-order valence-corrected chi connectivity index (χ0v) is 13.3. The number of fused-ring (bicyclic) bond motifs is 1. The van der Waals surface area contributed by atoms with Gasteiger partial charge in [-0.2, -0.15) is 0 Å². The van der Waals surface area contributed by atoms with Crippen LogP contribution in [0.15, 0.2) is 48.7 Å². The van der Waals surface area contributed by atoms with Crippen molar-refractivity contribution >= 4 is 28.5 Å². The molecule has 1 heterocycles. The highest BCUT2D eigenvalue weighted by molar-refractivity contribution is 6.14. The predicted octanol–water partition coefficient (Wildman–Crippen LogP) is 3.22. The molecule has 0 spiro atoms. The van der Waals surface area contributed by atoms with E-state index in [0.29, 0.717) is 22.6 Å². The van der Waals surface area contributed by atoms with E-state index in [4.69, 9.17) is 9.47 Å². The number of H-pyrrole nitrogens is 1. The number of hydrogen-bond donors (Lipinski definition) is 2. The number of carbonyl (C=O) groups excluding carboxylic acids is 2. The van der Waals surface area contributed by atoms with Gasteiger partial charge in [-0.25, -0.2) is 4.79 Å². The molecule has 122 valence electrons. The van der Waals surface area contributed by atoms with Gasteiger partial charge in [-0.15, -0.1) is 0 Å².